The molecule has 1 heterocycles. The number of ether oxygens (including phenoxy) is 3. The zero-order valence-corrected chi connectivity index (χ0v) is 14.8. The molecule has 3 rings (SSSR count). The van der Waals surface area contributed by atoms with Crippen molar-refractivity contribution < 1.29 is 19.0 Å². The molecular formula is C20H23NO4. The van der Waals surface area contributed by atoms with Crippen LogP contribution in [0.15, 0.2) is 36.4 Å². The molecule has 1 aliphatic rings. The topological polar surface area (TPSA) is 56.8 Å². The van der Waals surface area contributed by atoms with E-state index in [1.54, 1.807) is 13.2 Å². The van der Waals surface area contributed by atoms with Crippen molar-refractivity contribution in [2.45, 2.75) is 33.0 Å². The van der Waals surface area contributed by atoms with Gasteiger partial charge in [-0.3, -0.25) is 4.79 Å². The molecule has 0 aliphatic carbocycles. The Morgan fingerprint density at radius 1 is 1.32 bits per heavy atom. The van der Waals surface area contributed by atoms with E-state index in [0.29, 0.717) is 30.2 Å². The molecule has 0 spiro atoms. The average molecular weight is 341 g/mol. The van der Waals surface area contributed by atoms with E-state index in [0.717, 1.165) is 23.3 Å². The normalized spacial score (nSPS) is 15.4. The Kier molecular flexibility index (Phi) is 5.24. The van der Waals surface area contributed by atoms with Gasteiger partial charge in [0, 0.05) is 30.7 Å². The number of hydrogen-bond donors (Lipinski definition) is 1. The first kappa shape index (κ1) is 17.3. The number of methoxy groups -OCH3 is 1. The maximum atomic E-state index is 12.6. The molecule has 1 aliphatic heterocycles. The predicted molar refractivity (Wildman–Crippen MR) is 96.5 cm³/mol. The summed E-state index contributed by atoms with van der Waals surface area (Å²) in [5, 5.41) is 2.94. The van der Waals surface area contributed by atoms with Gasteiger partial charge in [-0.1, -0.05) is 12.1 Å². The number of benzene rings is 2. The minimum atomic E-state index is -0.190. The first-order chi connectivity index (χ1) is 12.1. The SMILES string of the molecule is CCOc1cc2c(cc1NC(=O)c1cccc(COC)c1)OC(C)C2. The number of carbonyl (C=O) groups is 1. The van der Waals surface area contributed by atoms with Crippen molar-refractivity contribution in [2.24, 2.45) is 0 Å². The van der Waals surface area contributed by atoms with E-state index in [-0.39, 0.29) is 12.0 Å². The Morgan fingerprint density at radius 3 is 2.92 bits per heavy atom. The minimum absolute atomic E-state index is 0.140. The lowest BCUT2D eigenvalue weighted by atomic mass is 10.1. The number of fused-ring (bicyclic) bond motifs is 1. The van der Waals surface area contributed by atoms with E-state index in [1.165, 1.54) is 0 Å². The summed E-state index contributed by atoms with van der Waals surface area (Å²) >= 11 is 0. The van der Waals surface area contributed by atoms with Gasteiger partial charge < -0.3 is 19.5 Å². The Hall–Kier alpha value is -2.53. The van der Waals surface area contributed by atoms with Crippen LogP contribution in [0.2, 0.25) is 0 Å². The smallest absolute Gasteiger partial charge is 0.255 e. The lowest BCUT2D eigenvalue weighted by Crippen LogP contribution is -2.13. The zero-order valence-electron chi connectivity index (χ0n) is 14.8. The maximum absolute atomic E-state index is 12.6. The Morgan fingerprint density at radius 2 is 2.16 bits per heavy atom. The molecule has 0 bridgehead atoms. The molecule has 0 fully saturated rings. The molecular weight excluding hydrogens is 318 g/mol. The molecule has 1 N–H and O–H groups in total. The van der Waals surface area contributed by atoms with Gasteiger partial charge >= 0.3 is 0 Å². The molecule has 5 nitrogen and oxygen atoms in total. The first-order valence-corrected chi connectivity index (χ1v) is 8.46. The third kappa shape index (κ3) is 3.94. The monoisotopic (exact) mass is 341 g/mol. The second-order valence-electron chi connectivity index (χ2n) is 6.11. The van der Waals surface area contributed by atoms with Crippen LogP contribution >= 0.6 is 0 Å². The van der Waals surface area contributed by atoms with E-state index < -0.39 is 0 Å². The second-order valence-corrected chi connectivity index (χ2v) is 6.11. The standard InChI is InChI=1S/C20H23NO4/c1-4-24-19-10-16-8-13(2)25-18(16)11-17(19)21-20(22)15-7-5-6-14(9-15)12-23-3/h5-7,9-11,13H,4,8,12H2,1-3H3,(H,21,22). The van der Waals surface area contributed by atoms with Gasteiger partial charge in [-0.25, -0.2) is 0 Å². The van der Waals surface area contributed by atoms with Gasteiger partial charge in [0.15, 0.2) is 0 Å². The highest BCUT2D eigenvalue weighted by Gasteiger charge is 2.22. The fourth-order valence-corrected chi connectivity index (χ4v) is 2.98. The maximum Gasteiger partial charge on any atom is 0.255 e. The third-order valence-electron chi connectivity index (χ3n) is 4.05. The number of hydrogen-bond acceptors (Lipinski definition) is 4. The molecule has 0 radical (unpaired) electrons. The summed E-state index contributed by atoms with van der Waals surface area (Å²) in [5.74, 6) is 1.28. The summed E-state index contributed by atoms with van der Waals surface area (Å²) < 4.78 is 16.6. The van der Waals surface area contributed by atoms with Crippen LogP contribution in [0.25, 0.3) is 0 Å². The van der Waals surface area contributed by atoms with Crippen LogP contribution in [-0.4, -0.2) is 25.7 Å². The molecule has 132 valence electrons. The number of anilines is 1. The molecule has 1 atom stereocenters. The number of carbonyl (C=O) groups excluding carboxylic acids is 1. The zero-order chi connectivity index (χ0) is 17.8. The van der Waals surface area contributed by atoms with Gasteiger partial charge in [0.05, 0.1) is 18.9 Å². The Labute approximate surface area is 147 Å². The van der Waals surface area contributed by atoms with Crippen LogP contribution in [0, 0.1) is 0 Å². The van der Waals surface area contributed by atoms with Crippen LogP contribution in [0.4, 0.5) is 5.69 Å². The third-order valence-corrected chi connectivity index (χ3v) is 4.05. The summed E-state index contributed by atoms with van der Waals surface area (Å²) in [6.45, 7) is 4.95. The van der Waals surface area contributed by atoms with E-state index >= 15 is 0 Å². The molecule has 1 unspecified atom stereocenters. The summed E-state index contributed by atoms with van der Waals surface area (Å²) in [4.78, 5) is 12.6. The molecule has 0 aromatic heterocycles. The van der Waals surface area contributed by atoms with Gasteiger partial charge in [-0.2, -0.15) is 0 Å². The van der Waals surface area contributed by atoms with Crippen LogP contribution in [0.3, 0.4) is 0 Å². The highest BCUT2D eigenvalue weighted by molar-refractivity contribution is 6.05. The highest BCUT2D eigenvalue weighted by atomic mass is 16.5. The fraction of sp³-hybridized carbons (Fsp3) is 0.350. The largest absolute Gasteiger partial charge is 0.492 e. The number of rotatable bonds is 6. The summed E-state index contributed by atoms with van der Waals surface area (Å²) in [7, 11) is 1.63. The molecule has 0 saturated heterocycles. The first-order valence-electron chi connectivity index (χ1n) is 8.46. The molecule has 0 saturated carbocycles. The fourth-order valence-electron chi connectivity index (χ4n) is 2.98. The van der Waals surface area contributed by atoms with Crippen molar-refractivity contribution in [1.29, 1.82) is 0 Å². The van der Waals surface area contributed by atoms with E-state index in [4.69, 9.17) is 14.2 Å². The number of nitrogens with one attached hydrogen (secondary N) is 1. The van der Waals surface area contributed by atoms with Crippen molar-refractivity contribution in [2.75, 3.05) is 19.0 Å². The van der Waals surface area contributed by atoms with Gasteiger partial charge in [-0.15, -0.1) is 0 Å². The van der Waals surface area contributed by atoms with Crippen molar-refractivity contribution >= 4 is 11.6 Å². The lowest BCUT2D eigenvalue weighted by molar-refractivity contribution is 0.102. The Bertz CT molecular complexity index is 772. The molecule has 5 heteroatoms. The lowest BCUT2D eigenvalue weighted by Gasteiger charge is -2.14. The van der Waals surface area contributed by atoms with Gasteiger partial charge in [0.2, 0.25) is 0 Å². The Balaban J connectivity index is 1.85. The van der Waals surface area contributed by atoms with Crippen molar-refractivity contribution in [3.05, 3.63) is 53.1 Å². The second kappa shape index (κ2) is 7.57. The minimum Gasteiger partial charge on any atom is -0.492 e. The summed E-state index contributed by atoms with van der Waals surface area (Å²) in [6, 6.07) is 11.2. The van der Waals surface area contributed by atoms with Crippen molar-refractivity contribution in [3.8, 4) is 11.5 Å². The molecule has 1 amide bonds. The summed E-state index contributed by atoms with van der Waals surface area (Å²) in [6.07, 6.45) is 0.990. The molecule has 25 heavy (non-hydrogen) atoms. The van der Waals surface area contributed by atoms with E-state index in [1.807, 2.05) is 44.2 Å². The van der Waals surface area contributed by atoms with Crippen molar-refractivity contribution in [3.63, 3.8) is 0 Å². The molecule has 2 aromatic carbocycles. The quantitative estimate of drug-likeness (QED) is 0.868. The van der Waals surface area contributed by atoms with Crippen molar-refractivity contribution in [1.82, 2.24) is 0 Å². The van der Waals surface area contributed by atoms with E-state index in [2.05, 4.69) is 5.32 Å². The van der Waals surface area contributed by atoms with Crippen LogP contribution in [0.5, 0.6) is 11.5 Å². The van der Waals surface area contributed by atoms with Gasteiger partial charge in [0.1, 0.15) is 17.6 Å². The average Bonchev–Trinajstić information content (AvgIpc) is 2.95. The molecule has 2 aromatic rings. The predicted octanol–water partition coefficient (Wildman–Crippen LogP) is 3.81. The van der Waals surface area contributed by atoms with Gasteiger partial charge in [0.25, 0.3) is 5.91 Å². The van der Waals surface area contributed by atoms with Crippen LogP contribution < -0.4 is 14.8 Å². The van der Waals surface area contributed by atoms with Gasteiger partial charge in [-0.05, 0) is 37.6 Å². The highest BCUT2D eigenvalue weighted by Crippen LogP contribution is 2.38. The van der Waals surface area contributed by atoms with Crippen LogP contribution in [0.1, 0.15) is 35.3 Å². The van der Waals surface area contributed by atoms with Crippen LogP contribution in [-0.2, 0) is 17.8 Å². The van der Waals surface area contributed by atoms with E-state index in [9.17, 15) is 4.79 Å². The number of amides is 1. The summed E-state index contributed by atoms with van der Waals surface area (Å²) in [5.41, 5.74) is 3.26.